The third-order valence-electron chi connectivity index (χ3n) is 3.52. The highest BCUT2D eigenvalue weighted by atomic mass is 16.5. The number of Topliss-reactive ketones (excluding diaryl/α,β-unsaturated/α-hetero) is 1. The van der Waals surface area contributed by atoms with Crippen LogP contribution in [0, 0.1) is 0 Å². The molecule has 1 aromatic carbocycles. The van der Waals surface area contributed by atoms with Gasteiger partial charge in [-0.25, -0.2) is 0 Å². The van der Waals surface area contributed by atoms with Gasteiger partial charge in [-0.1, -0.05) is 6.07 Å². The second kappa shape index (κ2) is 6.46. The first kappa shape index (κ1) is 14.4. The second-order valence-corrected chi connectivity index (χ2v) is 4.75. The van der Waals surface area contributed by atoms with E-state index in [2.05, 4.69) is 0 Å². The third-order valence-corrected chi connectivity index (χ3v) is 3.52. The molecule has 108 valence electrons. The largest absolute Gasteiger partial charge is 0.496 e. The molecule has 0 spiro atoms. The van der Waals surface area contributed by atoms with Crippen molar-refractivity contribution in [3.63, 3.8) is 0 Å². The molecule has 1 saturated carbocycles. The van der Waals surface area contributed by atoms with Crippen molar-refractivity contribution in [2.75, 3.05) is 21.3 Å². The van der Waals surface area contributed by atoms with Crippen LogP contribution < -0.4 is 9.47 Å². The summed E-state index contributed by atoms with van der Waals surface area (Å²) in [7, 11) is 4.83. The normalized spacial score (nSPS) is 17.6. The monoisotopic (exact) mass is 276 g/mol. The van der Waals surface area contributed by atoms with Crippen molar-refractivity contribution in [1.82, 2.24) is 0 Å². The molecule has 4 nitrogen and oxygen atoms in total. The fraction of sp³-hybridized carbons (Fsp3) is 0.438. The number of hydrogen-bond acceptors (Lipinski definition) is 4. The van der Waals surface area contributed by atoms with Gasteiger partial charge in [0.1, 0.15) is 11.5 Å². The summed E-state index contributed by atoms with van der Waals surface area (Å²) in [6.07, 6.45) is 2.89. The minimum Gasteiger partial charge on any atom is -0.496 e. The maximum atomic E-state index is 11.7. The Bertz CT molecular complexity index is 531. The first-order chi connectivity index (χ1) is 9.71. The zero-order valence-corrected chi connectivity index (χ0v) is 12.2. The number of benzene rings is 1. The molecule has 0 amide bonds. The van der Waals surface area contributed by atoms with E-state index in [0.717, 1.165) is 29.7 Å². The molecule has 20 heavy (non-hydrogen) atoms. The van der Waals surface area contributed by atoms with E-state index in [9.17, 15) is 4.79 Å². The molecular weight excluding hydrogens is 256 g/mol. The van der Waals surface area contributed by atoms with E-state index in [1.165, 1.54) is 0 Å². The minimum atomic E-state index is 0.266. The lowest BCUT2D eigenvalue weighted by atomic mass is 9.91. The van der Waals surface area contributed by atoms with Gasteiger partial charge in [0, 0.05) is 12.8 Å². The number of methoxy groups -OCH3 is 3. The Hall–Kier alpha value is -1.97. The van der Waals surface area contributed by atoms with Crippen molar-refractivity contribution in [2.24, 2.45) is 0 Å². The summed E-state index contributed by atoms with van der Waals surface area (Å²) in [4.78, 5) is 11.7. The Balaban J connectivity index is 2.51. The lowest BCUT2D eigenvalue weighted by molar-refractivity contribution is -0.119. The number of rotatable bonds is 4. The van der Waals surface area contributed by atoms with Crippen LogP contribution in [0.3, 0.4) is 0 Å². The van der Waals surface area contributed by atoms with E-state index in [4.69, 9.17) is 14.2 Å². The molecule has 2 rings (SSSR count). The second-order valence-electron chi connectivity index (χ2n) is 4.75. The Labute approximate surface area is 119 Å². The average molecular weight is 276 g/mol. The molecule has 0 unspecified atom stereocenters. The molecule has 4 heteroatoms. The van der Waals surface area contributed by atoms with Crippen LogP contribution in [0.4, 0.5) is 0 Å². The molecule has 0 heterocycles. The Morgan fingerprint density at radius 3 is 2.50 bits per heavy atom. The fourth-order valence-electron chi connectivity index (χ4n) is 2.62. The number of hydrogen-bond donors (Lipinski definition) is 0. The molecule has 0 aromatic heterocycles. The SMILES string of the molecule is COC(=C1CCCC(=O)C1)c1cccc(OC)c1OC. The van der Waals surface area contributed by atoms with Crippen LogP contribution >= 0.6 is 0 Å². The average Bonchev–Trinajstić information content (AvgIpc) is 2.47. The van der Waals surface area contributed by atoms with Crippen molar-refractivity contribution < 1.29 is 19.0 Å². The molecule has 0 atom stereocenters. The highest BCUT2D eigenvalue weighted by Gasteiger charge is 2.22. The van der Waals surface area contributed by atoms with Crippen molar-refractivity contribution in [3.05, 3.63) is 29.3 Å². The first-order valence-corrected chi connectivity index (χ1v) is 6.70. The summed E-state index contributed by atoms with van der Waals surface area (Å²) in [6, 6.07) is 5.65. The van der Waals surface area contributed by atoms with Crippen LogP contribution in [-0.4, -0.2) is 27.1 Å². The number of carbonyl (C=O) groups is 1. The van der Waals surface area contributed by atoms with E-state index >= 15 is 0 Å². The minimum absolute atomic E-state index is 0.266. The molecule has 1 fully saturated rings. The number of carbonyl (C=O) groups excluding carboxylic acids is 1. The molecule has 1 aliphatic rings. The van der Waals surface area contributed by atoms with Crippen LogP contribution in [0.1, 0.15) is 31.2 Å². The zero-order valence-electron chi connectivity index (χ0n) is 12.2. The van der Waals surface area contributed by atoms with E-state index in [1.54, 1.807) is 21.3 Å². The molecule has 1 aromatic rings. The van der Waals surface area contributed by atoms with Crippen molar-refractivity contribution >= 4 is 11.5 Å². The Morgan fingerprint density at radius 2 is 1.90 bits per heavy atom. The molecule has 1 aliphatic carbocycles. The van der Waals surface area contributed by atoms with E-state index in [-0.39, 0.29) is 5.78 Å². The van der Waals surface area contributed by atoms with Gasteiger partial charge in [0.15, 0.2) is 11.5 Å². The molecule has 0 N–H and O–H groups in total. The predicted octanol–water partition coefficient (Wildman–Crippen LogP) is 3.20. The van der Waals surface area contributed by atoms with E-state index in [0.29, 0.717) is 24.3 Å². The van der Waals surface area contributed by atoms with Crippen LogP contribution in [0.15, 0.2) is 23.8 Å². The third kappa shape index (κ3) is 2.79. The Kier molecular flexibility index (Phi) is 4.66. The van der Waals surface area contributed by atoms with Gasteiger partial charge in [-0.3, -0.25) is 4.79 Å². The van der Waals surface area contributed by atoms with Crippen LogP contribution in [0.2, 0.25) is 0 Å². The van der Waals surface area contributed by atoms with E-state index < -0.39 is 0 Å². The first-order valence-electron chi connectivity index (χ1n) is 6.70. The van der Waals surface area contributed by atoms with Gasteiger partial charge >= 0.3 is 0 Å². The smallest absolute Gasteiger partial charge is 0.171 e. The fourth-order valence-corrected chi connectivity index (χ4v) is 2.62. The predicted molar refractivity (Wildman–Crippen MR) is 77.0 cm³/mol. The van der Waals surface area contributed by atoms with Gasteiger partial charge in [0.2, 0.25) is 0 Å². The lowest BCUT2D eigenvalue weighted by Gasteiger charge is -2.20. The van der Waals surface area contributed by atoms with Gasteiger partial charge in [0.25, 0.3) is 0 Å². The molecule has 0 saturated heterocycles. The lowest BCUT2D eigenvalue weighted by Crippen LogP contribution is -2.09. The summed E-state index contributed by atoms with van der Waals surface area (Å²) in [5.41, 5.74) is 1.87. The summed E-state index contributed by atoms with van der Waals surface area (Å²) in [6.45, 7) is 0. The number of ketones is 1. The maximum Gasteiger partial charge on any atom is 0.171 e. The standard InChI is InChI=1S/C16H20O4/c1-18-14-9-5-8-13(16(14)20-3)15(19-2)11-6-4-7-12(17)10-11/h5,8-9H,4,6-7,10H2,1-3H3. The van der Waals surface area contributed by atoms with Crippen molar-refractivity contribution in [2.45, 2.75) is 25.7 Å². The molecule has 0 aliphatic heterocycles. The maximum absolute atomic E-state index is 11.7. The molecule has 0 radical (unpaired) electrons. The topological polar surface area (TPSA) is 44.8 Å². The van der Waals surface area contributed by atoms with Crippen molar-refractivity contribution in [3.8, 4) is 11.5 Å². The molecule has 0 bridgehead atoms. The molecular formula is C16H20O4. The summed E-state index contributed by atoms with van der Waals surface area (Å²) >= 11 is 0. The number of ether oxygens (including phenoxy) is 3. The number of allylic oxidation sites excluding steroid dienone is 1. The van der Waals surface area contributed by atoms with Gasteiger partial charge in [-0.05, 0) is 30.5 Å². The summed E-state index contributed by atoms with van der Waals surface area (Å²) in [5, 5.41) is 0. The van der Waals surface area contributed by atoms with Crippen LogP contribution in [0.5, 0.6) is 11.5 Å². The summed E-state index contributed by atoms with van der Waals surface area (Å²) in [5.74, 6) is 2.29. The zero-order chi connectivity index (χ0) is 14.5. The van der Waals surface area contributed by atoms with Crippen molar-refractivity contribution in [1.29, 1.82) is 0 Å². The Morgan fingerprint density at radius 1 is 1.10 bits per heavy atom. The van der Waals surface area contributed by atoms with E-state index in [1.807, 2.05) is 18.2 Å². The van der Waals surface area contributed by atoms with Crippen LogP contribution in [-0.2, 0) is 9.53 Å². The summed E-state index contributed by atoms with van der Waals surface area (Å²) < 4.78 is 16.3. The highest BCUT2D eigenvalue weighted by molar-refractivity contribution is 5.85. The number of para-hydroxylation sites is 1. The van der Waals surface area contributed by atoms with Gasteiger partial charge < -0.3 is 14.2 Å². The van der Waals surface area contributed by atoms with Gasteiger partial charge in [-0.15, -0.1) is 0 Å². The highest BCUT2D eigenvalue weighted by Crippen LogP contribution is 2.38. The quantitative estimate of drug-likeness (QED) is 0.792. The van der Waals surface area contributed by atoms with Gasteiger partial charge in [0.05, 0.1) is 26.9 Å². The van der Waals surface area contributed by atoms with Gasteiger partial charge in [-0.2, -0.15) is 0 Å². The van der Waals surface area contributed by atoms with Crippen LogP contribution in [0.25, 0.3) is 5.76 Å².